The van der Waals surface area contributed by atoms with E-state index in [1.807, 2.05) is 19.0 Å². The lowest BCUT2D eigenvalue weighted by atomic mass is 9.93. The number of hydrogen-bond acceptors (Lipinski definition) is 6. The second-order valence-corrected chi connectivity index (χ2v) is 8.45. The van der Waals surface area contributed by atoms with Crippen molar-refractivity contribution in [2.24, 2.45) is 4.99 Å². The Balaban J connectivity index is 1.85. The average Bonchev–Trinajstić information content (AvgIpc) is 3.16. The third-order valence-electron chi connectivity index (χ3n) is 3.31. The highest BCUT2D eigenvalue weighted by atomic mass is 32.1. The molecule has 0 spiro atoms. The molecule has 0 unspecified atom stereocenters. The fourth-order valence-electron chi connectivity index (χ4n) is 1.87. The molecular weight excluding hydrogens is 340 g/mol. The van der Waals surface area contributed by atoms with Crippen molar-refractivity contribution in [2.75, 3.05) is 26.0 Å². The van der Waals surface area contributed by atoms with Gasteiger partial charge in [0.15, 0.2) is 11.1 Å². The molecule has 0 aliphatic heterocycles. The maximum Gasteiger partial charge on any atom is 0.191 e. The van der Waals surface area contributed by atoms with Gasteiger partial charge in [0.2, 0.25) is 0 Å². The fraction of sp³-hybridized carbons (Fsp3) is 0.562. The SMILES string of the molecule is CN=C(NCc1csc(N(C)C)n1)NCc1nc(C(C)(C)C)cs1. The Kier molecular flexibility index (Phi) is 6.17. The van der Waals surface area contributed by atoms with E-state index in [9.17, 15) is 0 Å². The molecule has 0 fully saturated rings. The van der Waals surface area contributed by atoms with Gasteiger partial charge < -0.3 is 15.5 Å². The van der Waals surface area contributed by atoms with E-state index in [0.717, 1.165) is 27.5 Å². The molecule has 0 amide bonds. The fourth-order valence-corrected chi connectivity index (χ4v) is 3.59. The summed E-state index contributed by atoms with van der Waals surface area (Å²) in [4.78, 5) is 15.5. The molecule has 0 aliphatic carbocycles. The van der Waals surface area contributed by atoms with Gasteiger partial charge >= 0.3 is 0 Å². The van der Waals surface area contributed by atoms with Crippen LogP contribution >= 0.6 is 22.7 Å². The van der Waals surface area contributed by atoms with Crippen LogP contribution < -0.4 is 15.5 Å². The largest absolute Gasteiger partial charge is 0.354 e. The normalized spacial score (nSPS) is 12.3. The number of rotatable bonds is 5. The average molecular weight is 367 g/mol. The number of thiazole rings is 2. The maximum atomic E-state index is 4.69. The van der Waals surface area contributed by atoms with E-state index in [2.05, 4.69) is 57.1 Å². The minimum atomic E-state index is 0.0867. The zero-order valence-electron chi connectivity index (χ0n) is 15.2. The summed E-state index contributed by atoms with van der Waals surface area (Å²) in [5.41, 5.74) is 2.23. The van der Waals surface area contributed by atoms with Gasteiger partial charge in [0.1, 0.15) is 5.01 Å². The van der Waals surface area contributed by atoms with Crippen LogP contribution in [-0.4, -0.2) is 37.1 Å². The number of guanidine groups is 1. The maximum absolute atomic E-state index is 4.69. The van der Waals surface area contributed by atoms with Crippen LogP contribution in [-0.2, 0) is 18.5 Å². The van der Waals surface area contributed by atoms with Crippen molar-refractivity contribution in [1.82, 2.24) is 20.6 Å². The summed E-state index contributed by atoms with van der Waals surface area (Å²) in [5.74, 6) is 0.752. The highest BCUT2D eigenvalue weighted by Gasteiger charge is 2.17. The topological polar surface area (TPSA) is 65.4 Å². The first-order valence-electron chi connectivity index (χ1n) is 7.80. The van der Waals surface area contributed by atoms with E-state index >= 15 is 0 Å². The Morgan fingerprint density at radius 3 is 2.38 bits per heavy atom. The lowest BCUT2D eigenvalue weighted by molar-refractivity contribution is 0.570. The van der Waals surface area contributed by atoms with Gasteiger partial charge in [0.25, 0.3) is 0 Å². The first-order chi connectivity index (χ1) is 11.3. The minimum Gasteiger partial charge on any atom is -0.354 e. The first-order valence-corrected chi connectivity index (χ1v) is 9.56. The Labute approximate surface area is 152 Å². The van der Waals surface area contributed by atoms with Gasteiger partial charge in [0, 0.05) is 37.3 Å². The standard InChI is InChI=1S/C16H26N6S2/c1-16(2,3)12-10-23-13(21-12)8-19-14(17-4)18-7-11-9-24-15(20-11)22(5)6/h9-10H,7-8H2,1-6H3,(H2,17,18,19). The monoisotopic (exact) mass is 366 g/mol. The highest BCUT2D eigenvalue weighted by molar-refractivity contribution is 7.13. The third kappa shape index (κ3) is 5.17. The number of aliphatic imine (C=N–C) groups is 1. The molecular formula is C16H26N6S2. The Bertz CT molecular complexity index is 681. The molecule has 6 nitrogen and oxygen atoms in total. The number of anilines is 1. The van der Waals surface area contributed by atoms with Crippen LogP contribution in [0.15, 0.2) is 15.8 Å². The lowest BCUT2D eigenvalue weighted by Gasteiger charge is -2.14. The van der Waals surface area contributed by atoms with Crippen LogP contribution in [0.3, 0.4) is 0 Å². The summed E-state index contributed by atoms with van der Waals surface area (Å²) in [7, 11) is 5.76. The van der Waals surface area contributed by atoms with E-state index in [1.165, 1.54) is 0 Å². The zero-order chi connectivity index (χ0) is 17.7. The summed E-state index contributed by atoms with van der Waals surface area (Å²) >= 11 is 3.32. The van der Waals surface area contributed by atoms with Gasteiger partial charge in [-0.3, -0.25) is 4.99 Å². The van der Waals surface area contributed by atoms with Crippen LogP contribution in [0.4, 0.5) is 5.13 Å². The zero-order valence-corrected chi connectivity index (χ0v) is 16.8. The number of nitrogens with one attached hydrogen (secondary N) is 2. The van der Waals surface area contributed by atoms with Crippen LogP contribution in [0.25, 0.3) is 0 Å². The molecule has 0 bridgehead atoms. The van der Waals surface area contributed by atoms with Crippen molar-refractivity contribution < 1.29 is 0 Å². The number of aromatic nitrogens is 2. The van der Waals surface area contributed by atoms with Crippen molar-refractivity contribution >= 4 is 33.8 Å². The molecule has 132 valence electrons. The predicted octanol–water partition coefficient (Wildman–Crippen LogP) is 2.83. The van der Waals surface area contributed by atoms with Gasteiger partial charge in [0.05, 0.1) is 24.5 Å². The molecule has 0 aromatic carbocycles. The van der Waals surface area contributed by atoms with Crippen molar-refractivity contribution in [1.29, 1.82) is 0 Å². The number of hydrogen-bond donors (Lipinski definition) is 2. The van der Waals surface area contributed by atoms with Crippen molar-refractivity contribution in [3.63, 3.8) is 0 Å². The summed E-state index contributed by atoms with van der Waals surface area (Å²) in [5, 5.41) is 12.8. The van der Waals surface area contributed by atoms with Crippen LogP contribution in [0.5, 0.6) is 0 Å². The highest BCUT2D eigenvalue weighted by Crippen LogP contribution is 2.23. The summed E-state index contributed by atoms with van der Waals surface area (Å²) < 4.78 is 0. The molecule has 24 heavy (non-hydrogen) atoms. The molecule has 0 atom stereocenters. The third-order valence-corrected chi connectivity index (χ3v) is 5.22. The van der Waals surface area contributed by atoms with Gasteiger partial charge in [-0.25, -0.2) is 9.97 Å². The summed E-state index contributed by atoms with van der Waals surface area (Å²) in [6.07, 6.45) is 0. The Hall–Kier alpha value is -1.67. The van der Waals surface area contributed by atoms with E-state index in [0.29, 0.717) is 13.1 Å². The molecule has 2 aromatic rings. The molecule has 2 aromatic heterocycles. The van der Waals surface area contributed by atoms with Gasteiger partial charge in [-0.15, -0.1) is 22.7 Å². The van der Waals surface area contributed by atoms with Crippen LogP contribution in [0.2, 0.25) is 0 Å². The molecule has 2 rings (SSSR count). The molecule has 0 aliphatic rings. The lowest BCUT2D eigenvalue weighted by Crippen LogP contribution is -2.36. The van der Waals surface area contributed by atoms with E-state index in [4.69, 9.17) is 0 Å². The summed E-state index contributed by atoms with van der Waals surface area (Å²) in [6.45, 7) is 7.84. The molecule has 8 heteroatoms. The second-order valence-electron chi connectivity index (χ2n) is 6.67. The van der Waals surface area contributed by atoms with Gasteiger partial charge in [-0.2, -0.15) is 0 Å². The van der Waals surface area contributed by atoms with Crippen LogP contribution in [0, 0.1) is 0 Å². The minimum absolute atomic E-state index is 0.0867. The summed E-state index contributed by atoms with van der Waals surface area (Å²) in [6, 6.07) is 0. The van der Waals surface area contributed by atoms with Crippen molar-refractivity contribution in [3.8, 4) is 0 Å². The quantitative estimate of drug-likeness (QED) is 0.629. The number of nitrogens with zero attached hydrogens (tertiary/aromatic N) is 4. The van der Waals surface area contributed by atoms with Crippen LogP contribution in [0.1, 0.15) is 37.2 Å². The van der Waals surface area contributed by atoms with Gasteiger partial charge in [-0.1, -0.05) is 20.8 Å². The van der Waals surface area contributed by atoms with E-state index in [1.54, 1.807) is 29.7 Å². The second kappa shape index (κ2) is 7.94. The van der Waals surface area contributed by atoms with E-state index < -0.39 is 0 Å². The molecule has 0 radical (unpaired) electrons. The smallest absolute Gasteiger partial charge is 0.191 e. The Morgan fingerprint density at radius 2 is 1.83 bits per heavy atom. The molecule has 0 saturated carbocycles. The molecule has 2 heterocycles. The first kappa shape index (κ1) is 18.7. The van der Waals surface area contributed by atoms with E-state index in [-0.39, 0.29) is 5.41 Å². The van der Waals surface area contributed by atoms with Crippen molar-refractivity contribution in [3.05, 3.63) is 27.2 Å². The molecule has 0 saturated heterocycles. The Morgan fingerprint density at radius 1 is 1.12 bits per heavy atom. The van der Waals surface area contributed by atoms with Gasteiger partial charge in [-0.05, 0) is 0 Å². The molecule has 2 N–H and O–H groups in total. The predicted molar refractivity (Wildman–Crippen MR) is 104 cm³/mol. The van der Waals surface area contributed by atoms with Crippen molar-refractivity contribution in [2.45, 2.75) is 39.3 Å².